The molecular weight excluding hydrogens is 342 g/mol. The van der Waals surface area contributed by atoms with Crippen molar-refractivity contribution < 1.29 is 0 Å². The van der Waals surface area contributed by atoms with Crippen LogP contribution in [0.1, 0.15) is 43.3 Å². The molecule has 0 saturated heterocycles. The van der Waals surface area contributed by atoms with E-state index in [0.717, 1.165) is 12.1 Å². The fraction of sp³-hybridized carbons (Fsp3) is 0.320. The zero-order valence-electron chi connectivity index (χ0n) is 17.3. The third kappa shape index (κ3) is 2.39. The molecule has 3 aromatic rings. The molecule has 0 spiro atoms. The quantitative estimate of drug-likeness (QED) is 0.433. The van der Waals surface area contributed by atoms with Gasteiger partial charge in [-0.05, 0) is 75.6 Å². The van der Waals surface area contributed by atoms with Crippen LogP contribution in [0.5, 0.6) is 0 Å². The van der Waals surface area contributed by atoms with Crippen LogP contribution in [0.4, 0.5) is 17.1 Å². The number of fused-ring (bicyclic) bond motifs is 4. The molecule has 0 amide bonds. The number of aryl methyl sites for hydroxylation is 2. The van der Waals surface area contributed by atoms with Crippen LogP contribution in [-0.4, -0.2) is 17.2 Å². The summed E-state index contributed by atoms with van der Waals surface area (Å²) in [5.74, 6) is 0. The van der Waals surface area contributed by atoms with Gasteiger partial charge >= 0.3 is 0 Å². The maximum atomic E-state index is 4.80. The van der Waals surface area contributed by atoms with Gasteiger partial charge < -0.3 is 9.80 Å². The third-order valence-corrected chi connectivity index (χ3v) is 6.21. The molecule has 3 nitrogen and oxygen atoms in total. The van der Waals surface area contributed by atoms with E-state index in [1.807, 2.05) is 0 Å². The number of para-hydroxylation sites is 1. The Morgan fingerprint density at radius 2 is 1.71 bits per heavy atom. The minimum Gasteiger partial charge on any atom is -0.347 e. The van der Waals surface area contributed by atoms with Crippen LogP contribution in [-0.2, 0) is 6.42 Å². The Hall–Kier alpha value is -2.81. The highest BCUT2D eigenvalue weighted by Gasteiger charge is 2.37. The van der Waals surface area contributed by atoms with Crippen molar-refractivity contribution in [1.82, 2.24) is 4.98 Å². The van der Waals surface area contributed by atoms with Crippen LogP contribution < -0.4 is 9.80 Å². The summed E-state index contributed by atoms with van der Waals surface area (Å²) in [6, 6.07) is 18.3. The van der Waals surface area contributed by atoms with E-state index in [1.165, 1.54) is 45.0 Å². The molecule has 2 heterocycles. The van der Waals surface area contributed by atoms with Crippen LogP contribution in [0, 0.1) is 13.8 Å². The fourth-order valence-corrected chi connectivity index (χ4v) is 4.99. The van der Waals surface area contributed by atoms with Gasteiger partial charge in [-0.25, -0.2) is 0 Å². The average molecular weight is 370 g/mol. The van der Waals surface area contributed by atoms with E-state index in [0.29, 0.717) is 6.04 Å². The highest BCUT2D eigenvalue weighted by molar-refractivity contribution is 5.91. The van der Waals surface area contributed by atoms with E-state index in [2.05, 4.69) is 92.9 Å². The summed E-state index contributed by atoms with van der Waals surface area (Å²) in [5, 5.41) is 0. The highest BCUT2D eigenvalue weighted by Crippen LogP contribution is 2.50. The van der Waals surface area contributed by atoms with Gasteiger partial charge in [0.1, 0.15) is 6.17 Å². The van der Waals surface area contributed by atoms with Gasteiger partial charge in [0, 0.05) is 29.4 Å². The van der Waals surface area contributed by atoms with Crippen LogP contribution in [0.25, 0.3) is 11.1 Å². The first-order valence-corrected chi connectivity index (χ1v) is 10.2. The van der Waals surface area contributed by atoms with E-state index in [-0.39, 0.29) is 6.17 Å². The Labute approximate surface area is 167 Å². The smallest absolute Gasteiger partial charge is 0.104 e. The Morgan fingerprint density at radius 3 is 2.46 bits per heavy atom. The van der Waals surface area contributed by atoms with Crippen molar-refractivity contribution in [1.29, 1.82) is 0 Å². The maximum absolute atomic E-state index is 4.80. The summed E-state index contributed by atoms with van der Waals surface area (Å²) in [4.78, 5) is 9.85. The number of anilines is 3. The molecule has 0 bridgehead atoms. The predicted octanol–water partition coefficient (Wildman–Crippen LogP) is 5.98. The van der Waals surface area contributed by atoms with Crippen LogP contribution >= 0.6 is 0 Å². The number of benzene rings is 2. The van der Waals surface area contributed by atoms with Crippen LogP contribution in [0.15, 0.2) is 48.5 Å². The molecule has 0 fully saturated rings. The lowest BCUT2D eigenvalue weighted by atomic mass is 10.0. The van der Waals surface area contributed by atoms with Gasteiger partial charge in [-0.1, -0.05) is 24.3 Å². The van der Waals surface area contributed by atoms with Crippen LogP contribution in [0.3, 0.4) is 0 Å². The molecule has 0 unspecified atom stereocenters. The van der Waals surface area contributed by atoms with Gasteiger partial charge in [0.05, 0.1) is 17.1 Å². The molecule has 1 atom stereocenters. The van der Waals surface area contributed by atoms with Gasteiger partial charge in [0.15, 0.2) is 0 Å². The summed E-state index contributed by atoms with van der Waals surface area (Å²) in [6.45, 7) is 11.2. The Kier molecular flexibility index (Phi) is 3.77. The van der Waals surface area contributed by atoms with Crippen molar-refractivity contribution in [3.05, 3.63) is 71.0 Å². The van der Waals surface area contributed by atoms with Crippen molar-refractivity contribution >= 4 is 17.1 Å². The van der Waals surface area contributed by atoms with Crippen molar-refractivity contribution in [2.24, 2.45) is 0 Å². The van der Waals surface area contributed by atoms with Gasteiger partial charge in [0.25, 0.3) is 0 Å². The van der Waals surface area contributed by atoms with Crippen molar-refractivity contribution in [2.45, 2.75) is 53.2 Å². The molecule has 1 aliphatic carbocycles. The molecule has 28 heavy (non-hydrogen) atoms. The molecule has 1 aliphatic heterocycles. The molecule has 142 valence electrons. The normalized spacial score (nSPS) is 17.1. The molecule has 0 saturated carbocycles. The fourth-order valence-electron chi connectivity index (χ4n) is 4.99. The zero-order chi connectivity index (χ0) is 19.6. The average Bonchev–Trinajstić information content (AvgIpc) is 3.13. The second-order valence-corrected chi connectivity index (χ2v) is 8.41. The molecule has 0 N–H and O–H groups in total. The topological polar surface area (TPSA) is 19.4 Å². The van der Waals surface area contributed by atoms with E-state index >= 15 is 0 Å². The Bertz CT molecular complexity index is 1080. The van der Waals surface area contributed by atoms with E-state index in [4.69, 9.17) is 4.98 Å². The number of pyridine rings is 1. The van der Waals surface area contributed by atoms with Gasteiger partial charge in [0.2, 0.25) is 0 Å². The number of rotatable bonds is 2. The molecular formula is C25H27N3. The van der Waals surface area contributed by atoms with E-state index < -0.39 is 0 Å². The monoisotopic (exact) mass is 369 g/mol. The number of hydrogen-bond donors (Lipinski definition) is 0. The third-order valence-electron chi connectivity index (χ3n) is 6.21. The Balaban J connectivity index is 1.73. The molecule has 3 heteroatoms. The maximum Gasteiger partial charge on any atom is 0.104 e. The number of nitrogens with zero attached hydrogens (tertiary/aromatic N) is 3. The molecule has 5 rings (SSSR count). The lowest BCUT2D eigenvalue weighted by molar-refractivity contribution is 0.606. The van der Waals surface area contributed by atoms with Gasteiger partial charge in [-0.3, -0.25) is 4.98 Å². The number of hydrogen-bond acceptors (Lipinski definition) is 3. The summed E-state index contributed by atoms with van der Waals surface area (Å²) in [5.41, 5.74) is 11.6. The minimum atomic E-state index is 0.286. The first-order chi connectivity index (χ1) is 13.5. The summed E-state index contributed by atoms with van der Waals surface area (Å²) in [6.07, 6.45) is 1.22. The predicted molar refractivity (Wildman–Crippen MR) is 118 cm³/mol. The lowest BCUT2D eigenvalue weighted by Crippen LogP contribution is -2.42. The number of aromatic nitrogens is 1. The van der Waals surface area contributed by atoms with Gasteiger partial charge in [-0.2, -0.15) is 0 Å². The second-order valence-electron chi connectivity index (χ2n) is 8.41. The van der Waals surface area contributed by atoms with E-state index in [9.17, 15) is 0 Å². The van der Waals surface area contributed by atoms with Gasteiger partial charge in [-0.15, -0.1) is 0 Å². The van der Waals surface area contributed by atoms with Crippen molar-refractivity contribution in [2.75, 3.05) is 9.80 Å². The van der Waals surface area contributed by atoms with Crippen molar-refractivity contribution in [3.63, 3.8) is 0 Å². The van der Waals surface area contributed by atoms with Crippen molar-refractivity contribution in [3.8, 4) is 11.1 Å². The highest BCUT2D eigenvalue weighted by atomic mass is 15.4. The second kappa shape index (κ2) is 6.10. The first-order valence-electron chi connectivity index (χ1n) is 10.2. The Morgan fingerprint density at radius 1 is 0.929 bits per heavy atom. The SMILES string of the molecule is Cc1ccc2c(n1)Cc1cc3c(cc1-2)N(c1ccccc1C)[C@@H](C)N3C(C)C. The minimum absolute atomic E-state index is 0.286. The molecule has 2 aliphatic rings. The molecule has 2 aromatic carbocycles. The zero-order valence-corrected chi connectivity index (χ0v) is 17.3. The molecule has 0 radical (unpaired) electrons. The molecule has 1 aromatic heterocycles. The first kappa shape index (κ1) is 17.3. The summed E-state index contributed by atoms with van der Waals surface area (Å²) < 4.78 is 0. The van der Waals surface area contributed by atoms with E-state index in [1.54, 1.807) is 0 Å². The lowest BCUT2D eigenvalue weighted by Gasteiger charge is -2.33. The van der Waals surface area contributed by atoms with Crippen LogP contribution in [0.2, 0.25) is 0 Å². The standard InChI is InChI=1S/C25H27N3/c1-15(2)27-18(5)28(23-9-7-6-8-16(23)3)25-14-21-19(13-24(25)27)12-22-20(21)11-10-17(4)26-22/h6-11,13-15,18H,12H2,1-5H3/t18-/m0/s1. The summed E-state index contributed by atoms with van der Waals surface area (Å²) >= 11 is 0. The largest absolute Gasteiger partial charge is 0.347 e. The summed E-state index contributed by atoms with van der Waals surface area (Å²) in [7, 11) is 0.